The van der Waals surface area contributed by atoms with Gasteiger partial charge in [-0.15, -0.1) is 0 Å². The van der Waals surface area contributed by atoms with E-state index < -0.39 is 11.1 Å². The summed E-state index contributed by atoms with van der Waals surface area (Å²) in [6, 6.07) is 19.6. The second-order valence-corrected chi connectivity index (χ2v) is 10.0. The van der Waals surface area contributed by atoms with Gasteiger partial charge in [0.05, 0.1) is 12.0 Å². The summed E-state index contributed by atoms with van der Waals surface area (Å²) < 4.78 is 11.6. The normalized spacial score (nSPS) is 17.1. The van der Waals surface area contributed by atoms with E-state index in [0.29, 0.717) is 36.8 Å². The Labute approximate surface area is 220 Å². The number of rotatable bonds is 7. The Morgan fingerprint density at radius 1 is 0.973 bits per heavy atom. The fraction of sp³-hybridized carbons (Fsp3) is 0.276. The number of hydrogen-bond acceptors (Lipinski definition) is 6. The fourth-order valence-electron chi connectivity index (χ4n) is 4.63. The molecular weight excluding hydrogens is 488 g/mol. The zero-order valence-electron chi connectivity index (χ0n) is 20.6. The summed E-state index contributed by atoms with van der Waals surface area (Å²) in [5.41, 5.74) is 1.76. The minimum absolute atomic E-state index is 0.183. The van der Waals surface area contributed by atoms with Gasteiger partial charge in [0.2, 0.25) is 5.91 Å². The van der Waals surface area contributed by atoms with Crippen molar-refractivity contribution in [3.63, 3.8) is 0 Å². The Bertz CT molecular complexity index is 1370. The lowest BCUT2D eigenvalue weighted by Crippen LogP contribution is -2.44. The van der Waals surface area contributed by atoms with Gasteiger partial charge in [-0.1, -0.05) is 48.5 Å². The third kappa shape index (κ3) is 5.49. The Kier molecular flexibility index (Phi) is 7.46. The topological polar surface area (TPSA) is 76.2 Å². The molecule has 2 aliphatic rings. The van der Waals surface area contributed by atoms with Crippen molar-refractivity contribution in [2.24, 2.45) is 0 Å². The van der Waals surface area contributed by atoms with Gasteiger partial charge >= 0.3 is 0 Å². The van der Waals surface area contributed by atoms with Crippen LogP contribution in [0.3, 0.4) is 0 Å². The van der Waals surface area contributed by atoms with E-state index in [4.69, 9.17) is 9.47 Å². The number of amides is 3. The number of benzene rings is 3. The third-order valence-corrected chi connectivity index (χ3v) is 7.53. The fourth-order valence-corrected chi connectivity index (χ4v) is 5.47. The van der Waals surface area contributed by atoms with E-state index in [9.17, 15) is 14.4 Å². The summed E-state index contributed by atoms with van der Waals surface area (Å²) in [5.74, 6) is 0.467. The molecule has 37 heavy (non-hydrogen) atoms. The maximum atomic E-state index is 12.9. The number of methoxy groups -OCH3 is 1. The van der Waals surface area contributed by atoms with Crippen molar-refractivity contribution in [3.8, 4) is 11.5 Å². The first-order valence-corrected chi connectivity index (χ1v) is 13.2. The van der Waals surface area contributed by atoms with Crippen molar-refractivity contribution < 1.29 is 23.9 Å². The van der Waals surface area contributed by atoms with E-state index in [1.807, 2.05) is 30.3 Å². The summed E-state index contributed by atoms with van der Waals surface area (Å²) in [5, 5.41) is 1.86. The molecule has 0 bridgehead atoms. The smallest absolute Gasteiger partial charge is 0.294 e. The van der Waals surface area contributed by atoms with E-state index in [1.165, 1.54) is 0 Å². The molecule has 0 radical (unpaired) electrons. The molecule has 2 fully saturated rings. The summed E-state index contributed by atoms with van der Waals surface area (Å²) in [4.78, 5) is 41.1. The van der Waals surface area contributed by atoms with E-state index in [-0.39, 0.29) is 17.4 Å². The molecule has 5 rings (SSSR count). The Hall–Kier alpha value is -3.78. The zero-order chi connectivity index (χ0) is 25.8. The second kappa shape index (κ2) is 11.1. The predicted molar refractivity (Wildman–Crippen MR) is 144 cm³/mol. The maximum absolute atomic E-state index is 12.9. The molecule has 8 heteroatoms. The number of carbonyl (C=O) groups excluding carboxylic acids is 3. The van der Waals surface area contributed by atoms with Gasteiger partial charge in [-0.2, -0.15) is 0 Å². The molecule has 2 aliphatic heterocycles. The molecule has 0 atom stereocenters. The van der Waals surface area contributed by atoms with Crippen LogP contribution in [0.5, 0.6) is 11.5 Å². The monoisotopic (exact) mass is 516 g/mol. The molecule has 0 aromatic heterocycles. The van der Waals surface area contributed by atoms with Gasteiger partial charge in [0, 0.05) is 13.1 Å². The van der Waals surface area contributed by atoms with Crippen LogP contribution in [0, 0.1) is 0 Å². The van der Waals surface area contributed by atoms with Crippen molar-refractivity contribution in [2.45, 2.75) is 25.9 Å². The van der Waals surface area contributed by atoms with Crippen molar-refractivity contribution in [1.82, 2.24) is 9.80 Å². The lowest BCUT2D eigenvalue weighted by molar-refractivity contribution is -0.136. The highest BCUT2D eigenvalue weighted by atomic mass is 32.2. The first-order chi connectivity index (χ1) is 18.0. The predicted octanol–water partition coefficient (Wildman–Crippen LogP) is 5.48. The number of piperidine rings is 1. The van der Waals surface area contributed by atoms with E-state index in [1.54, 1.807) is 30.2 Å². The number of imide groups is 1. The first-order valence-electron chi connectivity index (χ1n) is 12.3. The highest BCUT2D eigenvalue weighted by Crippen LogP contribution is 2.35. The Morgan fingerprint density at radius 3 is 2.57 bits per heavy atom. The average molecular weight is 517 g/mol. The third-order valence-electron chi connectivity index (χ3n) is 6.62. The van der Waals surface area contributed by atoms with Gasteiger partial charge in [-0.05, 0) is 71.1 Å². The summed E-state index contributed by atoms with van der Waals surface area (Å²) in [6.45, 7) is 1.52. The van der Waals surface area contributed by atoms with Crippen LogP contribution >= 0.6 is 11.8 Å². The van der Waals surface area contributed by atoms with Crippen LogP contribution in [-0.2, 0) is 16.2 Å². The van der Waals surface area contributed by atoms with Gasteiger partial charge in [0.15, 0.2) is 11.5 Å². The largest absolute Gasteiger partial charge is 0.493 e. The van der Waals surface area contributed by atoms with Crippen molar-refractivity contribution >= 4 is 45.7 Å². The standard InChI is InChI=1S/C29H28N2O5S/c1-35-25-16-20(12-13-24(25)36-19-22-10-7-9-21-8-3-4-11-23(21)22)17-26-28(33)31(29(34)37-26)18-27(32)30-14-5-2-6-15-30/h3-4,7-13,16-17H,2,5-6,14-15,18-19H2,1H3/b26-17+. The SMILES string of the molecule is COc1cc(/C=C2/SC(=O)N(CC(=O)N3CCCCC3)C2=O)ccc1OCc1cccc2ccccc12. The molecular formula is C29H28N2O5S. The van der Waals surface area contributed by atoms with Gasteiger partial charge in [0.1, 0.15) is 13.2 Å². The molecule has 0 spiro atoms. The number of ether oxygens (including phenoxy) is 2. The molecule has 7 nitrogen and oxygen atoms in total. The first kappa shape index (κ1) is 24.9. The van der Waals surface area contributed by atoms with Crippen molar-refractivity contribution in [3.05, 3.63) is 76.7 Å². The molecule has 190 valence electrons. The molecule has 0 aliphatic carbocycles. The molecule has 3 aromatic carbocycles. The van der Waals surface area contributed by atoms with Crippen LogP contribution in [0.25, 0.3) is 16.8 Å². The van der Waals surface area contributed by atoms with Gasteiger partial charge < -0.3 is 14.4 Å². The van der Waals surface area contributed by atoms with Gasteiger partial charge in [-0.3, -0.25) is 19.3 Å². The van der Waals surface area contributed by atoms with E-state index in [0.717, 1.165) is 52.3 Å². The average Bonchev–Trinajstić information content (AvgIpc) is 3.19. The highest BCUT2D eigenvalue weighted by molar-refractivity contribution is 8.18. The van der Waals surface area contributed by atoms with E-state index >= 15 is 0 Å². The molecule has 3 aromatic rings. The van der Waals surface area contributed by atoms with Gasteiger partial charge in [0.25, 0.3) is 11.1 Å². The van der Waals surface area contributed by atoms with Crippen LogP contribution in [0.2, 0.25) is 0 Å². The van der Waals surface area contributed by atoms with Crippen molar-refractivity contribution in [1.29, 1.82) is 0 Å². The minimum atomic E-state index is -0.449. The quantitative estimate of drug-likeness (QED) is 0.387. The summed E-state index contributed by atoms with van der Waals surface area (Å²) in [6.07, 6.45) is 4.66. The molecule has 0 saturated carbocycles. The van der Waals surface area contributed by atoms with Crippen LogP contribution in [-0.4, -0.2) is 53.6 Å². The number of carbonyl (C=O) groups is 3. The molecule has 2 saturated heterocycles. The van der Waals surface area contributed by atoms with E-state index in [2.05, 4.69) is 18.2 Å². The number of hydrogen-bond donors (Lipinski definition) is 0. The number of nitrogens with zero attached hydrogens (tertiary/aromatic N) is 2. The highest BCUT2D eigenvalue weighted by Gasteiger charge is 2.37. The molecule has 0 unspecified atom stereocenters. The summed E-state index contributed by atoms with van der Waals surface area (Å²) >= 11 is 0.847. The lowest BCUT2D eigenvalue weighted by Gasteiger charge is -2.27. The molecule has 0 N–H and O–H groups in total. The summed E-state index contributed by atoms with van der Waals surface area (Å²) in [7, 11) is 1.56. The zero-order valence-corrected chi connectivity index (χ0v) is 21.5. The van der Waals surface area contributed by atoms with Crippen LogP contribution < -0.4 is 9.47 Å². The Balaban J connectivity index is 1.28. The van der Waals surface area contributed by atoms with Gasteiger partial charge in [-0.25, -0.2) is 0 Å². The number of fused-ring (bicyclic) bond motifs is 1. The maximum Gasteiger partial charge on any atom is 0.294 e. The van der Waals surface area contributed by atoms with Crippen LogP contribution in [0.15, 0.2) is 65.6 Å². The Morgan fingerprint density at radius 2 is 1.76 bits per heavy atom. The molecule has 3 amide bonds. The minimum Gasteiger partial charge on any atom is -0.493 e. The number of likely N-dealkylation sites (tertiary alicyclic amines) is 1. The number of thioether (sulfide) groups is 1. The van der Waals surface area contributed by atoms with Crippen LogP contribution in [0.4, 0.5) is 4.79 Å². The van der Waals surface area contributed by atoms with Crippen LogP contribution in [0.1, 0.15) is 30.4 Å². The second-order valence-electron chi connectivity index (χ2n) is 9.05. The molecule has 2 heterocycles. The lowest BCUT2D eigenvalue weighted by atomic mass is 10.1. The van der Waals surface area contributed by atoms with Crippen molar-refractivity contribution in [2.75, 3.05) is 26.7 Å².